The summed E-state index contributed by atoms with van der Waals surface area (Å²) in [6.45, 7) is 8.15. The summed E-state index contributed by atoms with van der Waals surface area (Å²) < 4.78 is 1.83. The maximum Gasteiger partial charge on any atom is 0.272 e. The van der Waals surface area contributed by atoms with Crippen molar-refractivity contribution in [3.05, 3.63) is 28.9 Å². The Morgan fingerprint density at radius 1 is 1.32 bits per heavy atom. The zero-order valence-electron chi connectivity index (χ0n) is 13.5. The predicted octanol–water partition coefficient (Wildman–Crippen LogP) is -0.0741. The predicted molar refractivity (Wildman–Crippen MR) is 87.6 cm³/mol. The van der Waals surface area contributed by atoms with E-state index >= 15 is 0 Å². The van der Waals surface area contributed by atoms with E-state index in [1.165, 1.54) is 7.05 Å². The summed E-state index contributed by atoms with van der Waals surface area (Å²) in [5.74, 6) is -0.592. The number of carbonyl (C=O) groups is 2. The second-order valence-electron chi connectivity index (χ2n) is 4.73. The molecule has 1 heterocycles. The lowest BCUT2D eigenvalue weighted by molar-refractivity contribution is -0.119. The molecule has 22 heavy (non-hydrogen) atoms. The first-order valence-electron chi connectivity index (χ1n) is 7.38. The van der Waals surface area contributed by atoms with Crippen LogP contribution >= 0.6 is 0 Å². The molecule has 6 heteroatoms. The number of nitrogens with zero attached hydrogens (tertiary/aromatic N) is 2. The second-order valence-corrected chi connectivity index (χ2v) is 4.73. The van der Waals surface area contributed by atoms with Crippen LogP contribution in [0.15, 0.2) is 12.7 Å². The van der Waals surface area contributed by atoms with E-state index in [2.05, 4.69) is 22.3 Å². The fourth-order valence-corrected chi connectivity index (χ4v) is 2.13. The summed E-state index contributed by atoms with van der Waals surface area (Å²) in [6, 6.07) is 0. The number of amides is 2. The largest absolute Gasteiger partial charge is 0.358 e. The van der Waals surface area contributed by atoms with Crippen LogP contribution < -0.4 is 21.2 Å². The fraction of sp³-hybridized carbons (Fsp3) is 0.438. The van der Waals surface area contributed by atoms with Gasteiger partial charge in [-0.2, -0.15) is 5.10 Å². The molecule has 1 aromatic rings. The molecule has 0 saturated carbocycles. The Hall–Kier alpha value is -2.37. The lowest BCUT2D eigenvalue weighted by Crippen LogP contribution is -2.38. The Bertz CT molecular complexity index is 658. The van der Waals surface area contributed by atoms with Crippen LogP contribution in [0.4, 0.5) is 0 Å². The molecule has 0 aliphatic heterocycles. The van der Waals surface area contributed by atoms with Gasteiger partial charge in [-0.25, -0.2) is 0 Å². The van der Waals surface area contributed by atoms with Crippen molar-refractivity contribution in [3.8, 4) is 0 Å². The number of allylic oxidation sites excluding steroid dienone is 1. The van der Waals surface area contributed by atoms with Crippen molar-refractivity contribution in [2.75, 3.05) is 13.6 Å². The van der Waals surface area contributed by atoms with Crippen LogP contribution in [0, 0.1) is 0 Å². The highest BCUT2D eigenvalue weighted by atomic mass is 16.2. The Kier molecular flexibility index (Phi) is 7.08. The van der Waals surface area contributed by atoms with Gasteiger partial charge in [-0.05, 0) is 26.7 Å². The summed E-state index contributed by atoms with van der Waals surface area (Å²) in [6.07, 6.45) is 7.47. The number of rotatable bonds is 7. The van der Waals surface area contributed by atoms with Gasteiger partial charge in [0.15, 0.2) is 5.69 Å². The van der Waals surface area contributed by atoms with Gasteiger partial charge >= 0.3 is 0 Å². The lowest BCUT2D eigenvalue weighted by atomic mass is 10.2. The van der Waals surface area contributed by atoms with Crippen molar-refractivity contribution in [2.24, 2.45) is 0 Å². The molecule has 0 aliphatic rings. The van der Waals surface area contributed by atoms with E-state index in [-0.39, 0.29) is 18.4 Å². The molecule has 0 fully saturated rings. The number of hydrogen-bond donors (Lipinski definition) is 2. The van der Waals surface area contributed by atoms with Crippen LogP contribution in [0.2, 0.25) is 0 Å². The van der Waals surface area contributed by atoms with Crippen LogP contribution in [-0.4, -0.2) is 35.2 Å². The zero-order valence-corrected chi connectivity index (χ0v) is 13.5. The third kappa shape index (κ3) is 4.31. The van der Waals surface area contributed by atoms with Crippen LogP contribution in [0.5, 0.6) is 0 Å². The quantitative estimate of drug-likeness (QED) is 0.547. The fourth-order valence-electron chi connectivity index (χ4n) is 2.13. The SMILES string of the molecule is C=CCCCn1nc(C(=O)NCC(=O)NC)c(=C/C)/c1=C\C. The van der Waals surface area contributed by atoms with Gasteiger partial charge in [0.2, 0.25) is 5.91 Å². The molecule has 0 atom stereocenters. The van der Waals surface area contributed by atoms with Gasteiger partial charge in [0.25, 0.3) is 5.91 Å². The first kappa shape index (κ1) is 17.7. The minimum atomic E-state index is -0.345. The highest BCUT2D eigenvalue weighted by Crippen LogP contribution is 1.93. The molecule has 0 radical (unpaired) electrons. The molecule has 0 bridgehead atoms. The third-order valence-corrected chi connectivity index (χ3v) is 3.27. The molecule has 6 nitrogen and oxygen atoms in total. The van der Waals surface area contributed by atoms with Crippen molar-refractivity contribution >= 4 is 24.0 Å². The minimum absolute atomic E-state index is 0.0625. The molecule has 0 aliphatic carbocycles. The van der Waals surface area contributed by atoms with Gasteiger partial charge in [-0.1, -0.05) is 18.2 Å². The summed E-state index contributed by atoms with van der Waals surface area (Å²) in [7, 11) is 1.53. The molecule has 2 amide bonds. The molecule has 0 unspecified atom stereocenters. The van der Waals surface area contributed by atoms with E-state index in [4.69, 9.17) is 0 Å². The molecule has 1 rings (SSSR count). The Morgan fingerprint density at radius 3 is 2.59 bits per heavy atom. The van der Waals surface area contributed by atoms with E-state index in [1.54, 1.807) is 0 Å². The molecule has 0 spiro atoms. The average molecular weight is 304 g/mol. The lowest BCUT2D eigenvalue weighted by Gasteiger charge is -2.02. The highest BCUT2D eigenvalue weighted by molar-refractivity contribution is 5.95. The average Bonchev–Trinajstić information content (AvgIpc) is 2.90. The molecule has 2 N–H and O–H groups in total. The monoisotopic (exact) mass is 304 g/mol. The van der Waals surface area contributed by atoms with Crippen LogP contribution in [0.25, 0.3) is 12.2 Å². The van der Waals surface area contributed by atoms with E-state index in [1.807, 2.05) is 36.8 Å². The van der Waals surface area contributed by atoms with Crippen molar-refractivity contribution < 1.29 is 9.59 Å². The summed E-state index contributed by atoms with van der Waals surface area (Å²) in [4.78, 5) is 23.5. The first-order chi connectivity index (χ1) is 10.6. The van der Waals surface area contributed by atoms with Crippen LogP contribution in [0.1, 0.15) is 37.2 Å². The number of aromatic nitrogens is 2. The number of hydrogen-bond acceptors (Lipinski definition) is 3. The molecule has 1 aromatic heterocycles. The second kappa shape index (κ2) is 8.81. The molecular formula is C16H24N4O2. The minimum Gasteiger partial charge on any atom is -0.358 e. The van der Waals surface area contributed by atoms with Crippen molar-refractivity contribution in [1.82, 2.24) is 20.4 Å². The van der Waals surface area contributed by atoms with Crippen LogP contribution in [0.3, 0.4) is 0 Å². The van der Waals surface area contributed by atoms with Gasteiger partial charge in [0.1, 0.15) is 0 Å². The van der Waals surface area contributed by atoms with Gasteiger partial charge in [-0.3, -0.25) is 14.3 Å². The maximum absolute atomic E-state index is 12.2. The highest BCUT2D eigenvalue weighted by Gasteiger charge is 2.14. The standard InChI is InChI=1S/C16H24N4O2/c1-5-8-9-10-20-13(7-3)12(6-2)15(19-20)16(22)18-11-14(21)17-4/h5-7H,1,8-11H2,2-4H3,(H,17,21)(H,18,22)/b12-6+,13-7+. The number of nitrogens with one attached hydrogen (secondary N) is 2. The van der Waals surface area contributed by atoms with Gasteiger partial charge < -0.3 is 10.6 Å². The summed E-state index contributed by atoms with van der Waals surface area (Å²) in [5.41, 5.74) is 0.345. The summed E-state index contributed by atoms with van der Waals surface area (Å²) >= 11 is 0. The summed E-state index contributed by atoms with van der Waals surface area (Å²) in [5, 5.41) is 11.1. The van der Waals surface area contributed by atoms with Crippen LogP contribution in [-0.2, 0) is 11.3 Å². The van der Waals surface area contributed by atoms with E-state index in [0.717, 1.165) is 30.0 Å². The van der Waals surface area contributed by atoms with E-state index in [0.29, 0.717) is 5.69 Å². The molecule has 120 valence electrons. The van der Waals surface area contributed by atoms with Gasteiger partial charge in [0.05, 0.1) is 11.9 Å². The van der Waals surface area contributed by atoms with E-state index < -0.39 is 0 Å². The zero-order chi connectivity index (χ0) is 16.5. The Morgan fingerprint density at radius 2 is 2.05 bits per heavy atom. The van der Waals surface area contributed by atoms with Crippen molar-refractivity contribution in [2.45, 2.75) is 33.2 Å². The molecular weight excluding hydrogens is 280 g/mol. The molecule has 0 aromatic carbocycles. The Balaban J connectivity index is 3.07. The smallest absolute Gasteiger partial charge is 0.272 e. The van der Waals surface area contributed by atoms with Gasteiger partial charge in [0, 0.05) is 18.8 Å². The van der Waals surface area contributed by atoms with E-state index in [9.17, 15) is 9.59 Å². The third-order valence-electron chi connectivity index (χ3n) is 3.27. The van der Waals surface area contributed by atoms with Crippen molar-refractivity contribution in [3.63, 3.8) is 0 Å². The number of carbonyl (C=O) groups excluding carboxylic acids is 2. The maximum atomic E-state index is 12.2. The topological polar surface area (TPSA) is 76.0 Å². The normalized spacial score (nSPS) is 12.3. The molecule has 0 saturated heterocycles. The number of likely N-dealkylation sites (N-methyl/N-ethyl adjacent to an activating group) is 1. The Labute approximate surface area is 130 Å². The van der Waals surface area contributed by atoms with Gasteiger partial charge in [-0.15, -0.1) is 6.58 Å². The van der Waals surface area contributed by atoms with Crippen molar-refractivity contribution in [1.29, 1.82) is 0 Å². The number of unbranched alkanes of at least 4 members (excludes halogenated alkanes) is 1. The number of aryl methyl sites for hydroxylation is 1. The first-order valence-corrected chi connectivity index (χ1v) is 7.38.